The van der Waals surface area contributed by atoms with Gasteiger partial charge in [0.15, 0.2) is 0 Å². The SMILES string of the molecule is CCOC(=O)c1c(-c2ccccc2Cl)nn2c1-c1ccccc1CC2. The molecule has 0 fully saturated rings. The van der Waals surface area contributed by atoms with E-state index < -0.39 is 0 Å². The van der Waals surface area contributed by atoms with E-state index in [-0.39, 0.29) is 5.97 Å². The van der Waals surface area contributed by atoms with E-state index in [0.29, 0.717) is 22.9 Å². The molecule has 1 aliphatic rings. The number of carbonyl (C=O) groups excluding carboxylic acids is 1. The van der Waals surface area contributed by atoms with Crippen molar-refractivity contribution < 1.29 is 9.53 Å². The molecule has 4 nitrogen and oxygen atoms in total. The Kier molecular flexibility index (Phi) is 4.06. The van der Waals surface area contributed by atoms with Crippen molar-refractivity contribution in [2.75, 3.05) is 6.61 Å². The molecule has 25 heavy (non-hydrogen) atoms. The zero-order valence-electron chi connectivity index (χ0n) is 13.8. The maximum atomic E-state index is 12.8. The minimum atomic E-state index is -0.365. The topological polar surface area (TPSA) is 44.1 Å². The largest absolute Gasteiger partial charge is 0.462 e. The molecule has 4 rings (SSSR count). The molecule has 126 valence electrons. The molecular formula is C20H17ClN2O2. The third kappa shape index (κ3) is 2.63. The monoisotopic (exact) mass is 352 g/mol. The molecule has 0 unspecified atom stereocenters. The third-order valence-corrected chi connectivity index (χ3v) is 4.76. The average molecular weight is 353 g/mol. The van der Waals surface area contributed by atoms with Crippen LogP contribution in [0.25, 0.3) is 22.5 Å². The smallest absolute Gasteiger partial charge is 0.342 e. The summed E-state index contributed by atoms with van der Waals surface area (Å²) in [4.78, 5) is 12.8. The van der Waals surface area contributed by atoms with Crippen LogP contribution < -0.4 is 0 Å². The molecule has 0 N–H and O–H groups in total. The molecule has 3 aromatic rings. The number of esters is 1. The Hall–Kier alpha value is -2.59. The van der Waals surface area contributed by atoms with Crippen LogP contribution in [-0.2, 0) is 17.7 Å². The molecule has 0 spiro atoms. The van der Waals surface area contributed by atoms with E-state index in [1.54, 1.807) is 13.0 Å². The lowest BCUT2D eigenvalue weighted by atomic mass is 9.94. The van der Waals surface area contributed by atoms with E-state index in [0.717, 1.165) is 29.8 Å². The van der Waals surface area contributed by atoms with Gasteiger partial charge in [-0.3, -0.25) is 4.68 Å². The summed E-state index contributed by atoms with van der Waals surface area (Å²) in [7, 11) is 0. The number of halogens is 1. The second kappa shape index (κ2) is 6.37. The van der Waals surface area contributed by atoms with Crippen molar-refractivity contribution in [2.24, 2.45) is 0 Å². The summed E-state index contributed by atoms with van der Waals surface area (Å²) in [5.41, 5.74) is 4.87. The summed E-state index contributed by atoms with van der Waals surface area (Å²) in [5, 5.41) is 5.28. The summed E-state index contributed by atoms with van der Waals surface area (Å²) in [6.45, 7) is 2.84. The molecule has 0 radical (unpaired) electrons. The Morgan fingerprint density at radius 1 is 1.16 bits per heavy atom. The Balaban J connectivity index is 2.00. The van der Waals surface area contributed by atoms with Crippen LogP contribution in [0.1, 0.15) is 22.8 Å². The van der Waals surface area contributed by atoms with Gasteiger partial charge >= 0.3 is 5.97 Å². The number of aryl methyl sites for hydroxylation is 2. The third-order valence-electron chi connectivity index (χ3n) is 4.43. The van der Waals surface area contributed by atoms with Gasteiger partial charge in [-0.05, 0) is 25.0 Å². The highest BCUT2D eigenvalue weighted by Crippen LogP contribution is 2.39. The lowest BCUT2D eigenvalue weighted by molar-refractivity contribution is 0.0528. The first-order valence-corrected chi connectivity index (χ1v) is 8.69. The second-order valence-corrected chi connectivity index (χ2v) is 6.31. The zero-order chi connectivity index (χ0) is 17.4. The molecule has 2 heterocycles. The van der Waals surface area contributed by atoms with Crippen LogP contribution in [0.3, 0.4) is 0 Å². The summed E-state index contributed by atoms with van der Waals surface area (Å²) in [5.74, 6) is -0.365. The van der Waals surface area contributed by atoms with Crippen molar-refractivity contribution in [1.29, 1.82) is 0 Å². The Bertz CT molecular complexity index is 962. The van der Waals surface area contributed by atoms with E-state index in [4.69, 9.17) is 21.4 Å². The van der Waals surface area contributed by atoms with Gasteiger partial charge in [-0.2, -0.15) is 5.10 Å². The van der Waals surface area contributed by atoms with Crippen LogP contribution in [0.5, 0.6) is 0 Å². The van der Waals surface area contributed by atoms with Gasteiger partial charge in [0, 0.05) is 17.7 Å². The van der Waals surface area contributed by atoms with Crippen molar-refractivity contribution in [3.05, 3.63) is 64.7 Å². The maximum Gasteiger partial charge on any atom is 0.342 e. The molecule has 2 aromatic carbocycles. The molecule has 0 atom stereocenters. The van der Waals surface area contributed by atoms with E-state index in [1.807, 2.05) is 41.1 Å². The molecule has 0 bridgehead atoms. The zero-order valence-corrected chi connectivity index (χ0v) is 14.6. The molecule has 0 aliphatic carbocycles. The Morgan fingerprint density at radius 2 is 1.88 bits per heavy atom. The predicted octanol–water partition coefficient (Wildman–Crippen LogP) is 4.60. The van der Waals surface area contributed by atoms with E-state index >= 15 is 0 Å². The highest BCUT2D eigenvalue weighted by Gasteiger charge is 2.30. The maximum absolute atomic E-state index is 12.8. The fraction of sp³-hybridized carbons (Fsp3) is 0.200. The van der Waals surface area contributed by atoms with E-state index in [2.05, 4.69) is 6.07 Å². The molecular weight excluding hydrogens is 336 g/mol. The van der Waals surface area contributed by atoms with Crippen LogP contribution in [0.15, 0.2) is 48.5 Å². The fourth-order valence-electron chi connectivity index (χ4n) is 3.33. The minimum absolute atomic E-state index is 0.313. The van der Waals surface area contributed by atoms with Gasteiger partial charge in [-0.15, -0.1) is 0 Å². The first-order valence-electron chi connectivity index (χ1n) is 8.31. The lowest BCUT2D eigenvalue weighted by Gasteiger charge is -2.18. The van der Waals surface area contributed by atoms with Crippen LogP contribution in [0.4, 0.5) is 0 Å². The molecule has 5 heteroatoms. The first kappa shape index (κ1) is 15.9. The second-order valence-electron chi connectivity index (χ2n) is 5.90. The number of aromatic nitrogens is 2. The van der Waals surface area contributed by atoms with Gasteiger partial charge in [0.25, 0.3) is 0 Å². The van der Waals surface area contributed by atoms with Crippen LogP contribution in [-0.4, -0.2) is 22.4 Å². The molecule has 0 saturated carbocycles. The number of ether oxygens (including phenoxy) is 1. The van der Waals surface area contributed by atoms with Gasteiger partial charge in [0.1, 0.15) is 11.3 Å². The van der Waals surface area contributed by atoms with Crippen LogP contribution in [0.2, 0.25) is 5.02 Å². The van der Waals surface area contributed by atoms with Gasteiger partial charge in [0.2, 0.25) is 0 Å². The van der Waals surface area contributed by atoms with Crippen molar-refractivity contribution in [3.8, 4) is 22.5 Å². The van der Waals surface area contributed by atoms with Gasteiger partial charge in [-0.25, -0.2) is 4.79 Å². The number of rotatable bonds is 3. The van der Waals surface area contributed by atoms with Crippen molar-refractivity contribution in [1.82, 2.24) is 9.78 Å². The number of hydrogen-bond acceptors (Lipinski definition) is 3. The van der Waals surface area contributed by atoms with Gasteiger partial charge in [-0.1, -0.05) is 54.1 Å². The highest BCUT2D eigenvalue weighted by atomic mass is 35.5. The number of nitrogens with zero attached hydrogens (tertiary/aromatic N) is 2. The Labute approximate surface area is 151 Å². The predicted molar refractivity (Wildman–Crippen MR) is 97.8 cm³/mol. The van der Waals surface area contributed by atoms with Crippen molar-refractivity contribution in [3.63, 3.8) is 0 Å². The van der Waals surface area contributed by atoms with E-state index in [9.17, 15) is 4.79 Å². The normalized spacial score (nSPS) is 12.4. The molecule has 1 aliphatic heterocycles. The number of hydrogen-bond donors (Lipinski definition) is 0. The minimum Gasteiger partial charge on any atom is -0.462 e. The number of benzene rings is 2. The van der Waals surface area contributed by atoms with Crippen molar-refractivity contribution >= 4 is 17.6 Å². The number of fused-ring (bicyclic) bond motifs is 3. The van der Waals surface area contributed by atoms with Gasteiger partial charge < -0.3 is 4.74 Å². The average Bonchev–Trinajstić information content (AvgIpc) is 3.02. The first-order chi connectivity index (χ1) is 12.2. The van der Waals surface area contributed by atoms with Crippen LogP contribution >= 0.6 is 11.6 Å². The fourth-order valence-corrected chi connectivity index (χ4v) is 3.56. The summed E-state index contributed by atoms with van der Waals surface area (Å²) < 4.78 is 7.23. The molecule has 0 amide bonds. The number of carbonyl (C=O) groups is 1. The summed E-state index contributed by atoms with van der Waals surface area (Å²) in [6, 6.07) is 15.6. The summed E-state index contributed by atoms with van der Waals surface area (Å²) >= 11 is 6.37. The molecule has 1 aromatic heterocycles. The molecule has 0 saturated heterocycles. The highest BCUT2D eigenvalue weighted by molar-refractivity contribution is 6.33. The standard InChI is InChI=1S/C20H17ClN2O2/c1-2-25-20(24)17-18(15-9-5-6-10-16(15)21)22-23-12-11-13-7-3-4-8-14(13)19(17)23/h3-10H,2,11-12H2,1H3. The summed E-state index contributed by atoms with van der Waals surface area (Å²) in [6.07, 6.45) is 0.884. The van der Waals surface area contributed by atoms with Gasteiger partial charge in [0.05, 0.1) is 17.3 Å². The quantitative estimate of drug-likeness (QED) is 0.647. The Morgan fingerprint density at radius 3 is 2.64 bits per heavy atom. The van der Waals surface area contributed by atoms with E-state index in [1.165, 1.54) is 5.56 Å². The van der Waals surface area contributed by atoms with Crippen molar-refractivity contribution in [2.45, 2.75) is 19.9 Å². The lowest BCUT2D eigenvalue weighted by Crippen LogP contribution is -2.14. The van der Waals surface area contributed by atoms with Crippen LogP contribution in [0, 0.1) is 0 Å².